The standard InChI is InChI=1S/C18H22N2O2/c1-4-18(2,3)13-5-9-15(10-6-13)22-16-11-7-14(8-12-16)20-17(19)21/h5-12H,4H2,1-3H3,(H3,19,20,21). The van der Waals surface area contributed by atoms with Crippen molar-refractivity contribution in [2.24, 2.45) is 5.73 Å². The number of rotatable bonds is 5. The van der Waals surface area contributed by atoms with Crippen LogP contribution in [0.1, 0.15) is 32.8 Å². The molecular weight excluding hydrogens is 276 g/mol. The van der Waals surface area contributed by atoms with Gasteiger partial charge in [0.1, 0.15) is 11.5 Å². The van der Waals surface area contributed by atoms with Gasteiger partial charge in [-0.05, 0) is 53.8 Å². The molecule has 0 radical (unpaired) electrons. The van der Waals surface area contributed by atoms with Crippen LogP contribution >= 0.6 is 0 Å². The third-order valence-corrected chi connectivity index (χ3v) is 3.88. The summed E-state index contributed by atoms with van der Waals surface area (Å²) < 4.78 is 5.80. The highest BCUT2D eigenvalue weighted by Crippen LogP contribution is 2.29. The summed E-state index contributed by atoms with van der Waals surface area (Å²) in [5.74, 6) is 1.49. The van der Waals surface area contributed by atoms with E-state index in [4.69, 9.17) is 10.5 Å². The normalized spacial score (nSPS) is 11.0. The number of carbonyl (C=O) groups is 1. The maximum atomic E-state index is 10.8. The first-order valence-corrected chi connectivity index (χ1v) is 7.35. The Bertz CT molecular complexity index is 631. The lowest BCUT2D eigenvalue weighted by molar-refractivity contribution is 0.259. The Labute approximate surface area is 131 Å². The highest BCUT2D eigenvalue weighted by Gasteiger charge is 2.17. The van der Waals surface area contributed by atoms with Crippen molar-refractivity contribution in [3.8, 4) is 11.5 Å². The molecule has 0 heterocycles. The number of amides is 2. The van der Waals surface area contributed by atoms with Crippen LogP contribution in [0.3, 0.4) is 0 Å². The topological polar surface area (TPSA) is 64.3 Å². The molecule has 2 rings (SSSR count). The zero-order valence-corrected chi connectivity index (χ0v) is 13.2. The third kappa shape index (κ3) is 4.01. The fourth-order valence-corrected chi connectivity index (χ4v) is 2.06. The molecule has 2 aromatic rings. The molecule has 0 aliphatic heterocycles. The number of anilines is 1. The van der Waals surface area contributed by atoms with Crippen LogP contribution in [0.15, 0.2) is 48.5 Å². The van der Waals surface area contributed by atoms with Gasteiger partial charge in [0.25, 0.3) is 0 Å². The molecule has 0 aliphatic rings. The van der Waals surface area contributed by atoms with Gasteiger partial charge in [-0.2, -0.15) is 0 Å². The van der Waals surface area contributed by atoms with Crippen molar-refractivity contribution >= 4 is 11.7 Å². The van der Waals surface area contributed by atoms with Crippen molar-refractivity contribution < 1.29 is 9.53 Å². The van der Waals surface area contributed by atoms with Gasteiger partial charge >= 0.3 is 6.03 Å². The van der Waals surface area contributed by atoms with E-state index < -0.39 is 6.03 Å². The largest absolute Gasteiger partial charge is 0.457 e. The second-order valence-electron chi connectivity index (χ2n) is 5.88. The van der Waals surface area contributed by atoms with Crippen molar-refractivity contribution in [2.45, 2.75) is 32.6 Å². The first kappa shape index (κ1) is 15.9. The van der Waals surface area contributed by atoms with E-state index in [0.717, 1.165) is 12.2 Å². The van der Waals surface area contributed by atoms with E-state index in [2.05, 4.69) is 38.2 Å². The summed E-state index contributed by atoms with van der Waals surface area (Å²) in [4.78, 5) is 10.8. The van der Waals surface area contributed by atoms with Crippen molar-refractivity contribution in [1.29, 1.82) is 0 Å². The lowest BCUT2D eigenvalue weighted by Crippen LogP contribution is -2.19. The smallest absolute Gasteiger partial charge is 0.316 e. The summed E-state index contributed by atoms with van der Waals surface area (Å²) in [6.07, 6.45) is 1.08. The van der Waals surface area contributed by atoms with Crippen LogP contribution < -0.4 is 15.8 Å². The molecule has 2 amide bonds. The summed E-state index contributed by atoms with van der Waals surface area (Å²) in [5.41, 5.74) is 7.17. The molecule has 0 aliphatic carbocycles. The number of urea groups is 1. The van der Waals surface area contributed by atoms with Crippen molar-refractivity contribution in [1.82, 2.24) is 0 Å². The number of ether oxygens (including phenoxy) is 1. The molecule has 0 saturated carbocycles. The molecule has 2 aromatic carbocycles. The van der Waals surface area contributed by atoms with Gasteiger partial charge in [-0.25, -0.2) is 4.79 Å². The maximum Gasteiger partial charge on any atom is 0.316 e. The van der Waals surface area contributed by atoms with E-state index in [1.54, 1.807) is 24.3 Å². The van der Waals surface area contributed by atoms with Crippen molar-refractivity contribution in [2.75, 3.05) is 5.32 Å². The first-order valence-electron chi connectivity index (χ1n) is 7.35. The second kappa shape index (κ2) is 6.52. The van der Waals surface area contributed by atoms with E-state index in [9.17, 15) is 4.79 Å². The molecular formula is C18H22N2O2. The zero-order valence-electron chi connectivity index (χ0n) is 13.2. The average Bonchev–Trinajstić information content (AvgIpc) is 2.49. The minimum Gasteiger partial charge on any atom is -0.457 e. The minimum absolute atomic E-state index is 0.167. The van der Waals surface area contributed by atoms with Gasteiger partial charge in [0.15, 0.2) is 0 Å². The second-order valence-corrected chi connectivity index (χ2v) is 5.88. The van der Waals surface area contributed by atoms with Gasteiger partial charge in [-0.15, -0.1) is 0 Å². The summed E-state index contributed by atoms with van der Waals surface area (Å²) in [6, 6.07) is 14.6. The zero-order chi connectivity index (χ0) is 16.2. The number of benzene rings is 2. The summed E-state index contributed by atoms with van der Waals surface area (Å²) in [7, 11) is 0. The van der Waals surface area contributed by atoms with Crippen molar-refractivity contribution in [3.05, 3.63) is 54.1 Å². The van der Waals surface area contributed by atoms with Gasteiger partial charge in [0.05, 0.1) is 0 Å². The van der Waals surface area contributed by atoms with Crippen LogP contribution in [0.5, 0.6) is 11.5 Å². The maximum absolute atomic E-state index is 10.8. The van der Waals surface area contributed by atoms with Gasteiger partial charge in [-0.3, -0.25) is 0 Å². The van der Waals surface area contributed by atoms with Gasteiger partial charge in [0.2, 0.25) is 0 Å². The highest BCUT2D eigenvalue weighted by molar-refractivity contribution is 5.87. The number of hydrogen-bond acceptors (Lipinski definition) is 2. The molecule has 0 saturated heterocycles. The van der Waals surface area contributed by atoms with Crippen molar-refractivity contribution in [3.63, 3.8) is 0 Å². The molecule has 0 bridgehead atoms. The van der Waals surface area contributed by atoms with E-state index in [1.165, 1.54) is 5.56 Å². The Kier molecular flexibility index (Phi) is 4.71. The number of nitrogens with two attached hydrogens (primary N) is 1. The van der Waals surface area contributed by atoms with Gasteiger partial charge in [-0.1, -0.05) is 32.9 Å². The molecule has 4 heteroatoms. The Morgan fingerprint density at radius 3 is 2.00 bits per heavy atom. The molecule has 22 heavy (non-hydrogen) atoms. The first-order chi connectivity index (χ1) is 10.4. The van der Waals surface area contributed by atoms with Crippen LogP contribution in [0.4, 0.5) is 10.5 Å². The average molecular weight is 298 g/mol. The van der Waals surface area contributed by atoms with Crippen LogP contribution in [0, 0.1) is 0 Å². The third-order valence-electron chi connectivity index (χ3n) is 3.88. The van der Waals surface area contributed by atoms with E-state index in [-0.39, 0.29) is 5.41 Å². The predicted octanol–water partition coefficient (Wildman–Crippen LogP) is 4.66. The monoisotopic (exact) mass is 298 g/mol. The van der Waals surface area contributed by atoms with Crippen LogP contribution in [-0.2, 0) is 5.41 Å². The van der Waals surface area contributed by atoms with E-state index in [1.807, 2.05) is 12.1 Å². The van der Waals surface area contributed by atoms with E-state index >= 15 is 0 Å². The van der Waals surface area contributed by atoms with Gasteiger partial charge in [0, 0.05) is 5.69 Å². The fraction of sp³-hybridized carbons (Fsp3) is 0.278. The molecule has 0 fully saturated rings. The Morgan fingerprint density at radius 2 is 1.55 bits per heavy atom. The summed E-state index contributed by atoms with van der Waals surface area (Å²) >= 11 is 0. The molecule has 0 unspecified atom stereocenters. The number of carbonyl (C=O) groups excluding carboxylic acids is 1. The summed E-state index contributed by atoms with van der Waals surface area (Å²) in [5, 5.41) is 2.51. The van der Waals surface area contributed by atoms with Crippen LogP contribution in [-0.4, -0.2) is 6.03 Å². The molecule has 4 nitrogen and oxygen atoms in total. The quantitative estimate of drug-likeness (QED) is 0.843. The Morgan fingerprint density at radius 1 is 1.05 bits per heavy atom. The van der Waals surface area contributed by atoms with E-state index in [0.29, 0.717) is 11.4 Å². The Hall–Kier alpha value is -2.49. The highest BCUT2D eigenvalue weighted by atomic mass is 16.5. The molecule has 0 aromatic heterocycles. The predicted molar refractivity (Wildman–Crippen MR) is 89.5 cm³/mol. The summed E-state index contributed by atoms with van der Waals surface area (Å²) in [6.45, 7) is 6.65. The molecule has 0 spiro atoms. The fourth-order valence-electron chi connectivity index (χ4n) is 2.06. The minimum atomic E-state index is -0.581. The Balaban J connectivity index is 2.06. The van der Waals surface area contributed by atoms with Crippen LogP contribution in [0.2, 0.25) is 0 Å². The SMILES string of the molecule is CCC(C)(C)c1ccc(Oc2ccc(NC(N)=O)cc2)cc1. The lowest BCUT2D eigenvalue weighted by Gasteiger charge is -2.23. The number of hydrogen-bond donors (Lipinski definition) is 2. The lowest BCUT2D eigenvalue weighted by atomic mass is 9.82. The van der Waals surface area contributed by atoms with Crippen LogP contribution in [0.25, 0.3) is 0 Å². The van der Waals surface area contributed by atoms with Gasteiger partial charge < -0.3 is 15.8 Å². The number of nitrogens with one attached hydrogen (secondary N) is 1. The molecule has 3 N–H and O–H groups in total. The molecule has 116 valence electrons. The number of primary amides is 1. The molecule has 0 atom stereocenters.